The summed E-state index contributed by atoms with van der Waals surface area (Å²) in [5, 5.41) is 12.1. The van der Waals surface area contributed by atoms with Crippen molar-refractivity contribution >= 4 is 17.6 Å². The van der Waals surface area contributed by atoms with Crippen LogP contribution in [-0.4, -0.2) is 40.5 Å². The van der Waals surface area contributed by atoms with Gasteiger partial charge in [0.1, 0.15) is 11.8 Å². The zero-order chi connectivity index (χ0) is 19.4. The molecule has 6 heteroatoms. The summed E-state index contributed by atoms with van der Waals surface area (Å²) < 4.78 is 5.89. The normalized spacial score (nSPS) is 14.6. The first-order valence-electron chi connectivity index (χ1n) is 9.06. The highest BCUT2D eigenvalue weighted by atomic mass is 16.5. The first-order chi connectivity index (χ1) is 12.9. The molecule has 2 aromatic rings. The first-order valence-corrected chi connectivity index (χ1v) is 9.06. The number of nitrogens with zero attached hydrogens (tertiary/aromatic N) is 1. The van der Waals surface area contributed by atoms with E-state index in [2.05, 4.69) is 5.32 Å². The molecule has 1 aliphatic carbocycles. The summed E-state index contributed by atoms with van der Waals surface area (Å²) >= 11 is 0. The van der Waals surface area contributed by atoms with Gasteiger partial charge in [0.25, 0.3) is 0 Å². The van der Waals surface area contributed by atoms with Crippen LogP contribution in [0, 0.1) is 6.92 Å². The van der Waals surface area contributed by atoms with E-state index in [-0.39, 0.29) is 18.5 Å². The third kappa shape index (κ3) is 5.08. The van der Waals surface area contributed by atoms with E-state index in [4.69, 9.17) is 4.74 Å². The average Bonchev–Trinajstić information content (AvgIpc) is 3.47. The third-order valence-electron chi connectivity index (χ3n) is 4.61. The lowest BCUT2D eigenvalue weighted by Gasteiger charge is -2.25. The van der Waals surface area contributed by atoms with Crippen LogP contribution in [0.3, 0.4) is 0 Å². The minimum Gasteiger partial charge on any atom is -0.480 e. The molecule has 1 amide bonds. The summed E-state index contributed by atoms with van der Waals surface area (Å²) in [7, 11) is 0. The molecule has 2 N–H and O–H groups in total. The quantitative estimate of drug-likeness (QED) is 0.743. The van der Waals surface area contributed by atoms with Crippen LogP contribution in [0.4, 0.5) is 5.69 Å². The minimum absolute atomic E-state index is 0.0387. The molecular formula is C21H24N2O4. The summed E-state index contributed by atoms with van der Waals surface area (Å²) in [5.74, 6) is 0.0492. The van der Waals surface area contributed by atoms with Gasteiger partial charge in [0.15, 0.2) is 5.75 Å². The van der Waals surface area contributed by atoms with E-state index in [0.29, 0.717) is 17.2 Å². The summed E-state index contributed by atoms with van der Waals surface area (Å²) in [6.07, 6.45) is 1.86. The van der Waals surface area contributed by atoms with Gasteiger partial charge in [0.2, 0.25) is 5.91 Å². The van der Waals surface area contributed by atoms with E-state index in [9.17, 15) is 14.7 Å². The van der Waals surface area contributed by atoms with Crippen molar-refractivity contribution < 1.29 is 19.4 Å². The number of para-hydroxylation sites is 2. The van der Waals surface area contributed by atoms with Gasteiger partial charge in [-0.15, -0.1) is 0 Å². The smallest absolute Gasteiger partial charge is 0.320 e. The molecule has 1 aliphatic rings. The lowest BCUT2D eigenvalue weighted by molar-refractivity contribution is -0.143. The maximum Gasteiger partial charge on any atom is 0.320 e. The minimum atomic E-state index is -0.919. The molecule has 0 saturated heterocycles. The van der Waals surface area contributed by atoms with Crippen LogP contribution in [-0.2, 0) is 9.59 Å². The Morgan fingerprint density at radius 3 is 2.48 bits per heavy atom. The molecule has 1 atom stereocenters. The second kappa shape index (κ2) is 8.22. The number of aryl methyl sites for hydroxylation is 1. The van der Waals surface area contributed by atoms with Crippen LogP contribution >= 0.6 is 0 Å². The molecule has 0 heterocycles. The van der Waals surface area contributed by atoms with Crippen molar-refractivity contribution in [2.24, 2.45) is 0 Å². The second-order valence-corrected chi connectivity index (χ2v) is 6.88. The number of anilines is 1. The number of benzene rings is 2. The number of ether oxygens (including phenoxy) is 1. The van der Waals surface area contributed by atoms with Gasteiger partial charge >= 0.3 is 5.97 Å². The van der Waals surface area contributed by atoms with Crippen LogP contribution in [0.2, 0.25) is 0 Å². The molecule has 27 heavy (non-hydrogen) atoms. The van der Waals surface area contributed by atoms with E-state index in [1.165, 1.54) is 0 Å². The van der Waals surface area contributed by atoms with E-state index >= 15 is 0 Å². The molecule has 2 aromatic carbocycles. The summed E-state index contributed by atoms with van der Waals surface area (Å²) in [4.78, 5) is 25.6. The van der Waals surface area contributed by atoms with Crippen LogP contribution in [0.15, 0.2) is 48.5 Å². The standard InChI is InChI=1S/C21H24N2O4/c1-14-7-11-17(12-8-14)27-19-6-4-3-5-18(19)22-20(24)13-23(16-9-10-16)15(2)21(25)26/h3-8,11-12,15-16H,9-10,13H2,1-2H3,(H,22,24)(H,25,26). The maximum atomic E-state index is 12.5. The van der Waals surface area contributed by atoms with E-state index in [1.807, 2.05) is 43.3 Å². The predicted molar refractivity (Wildman–Crippen MR) is 103 cm³/mol. The lowest BCUT2D eigenvalue weighted by atomic mass is 10.2. The predicted octanol–water partition coefficient (Wildman–Crippen LogP) is 3.66. The van der Waals surface area contributed by atoms with Gasteiger partial charge in [-0.2, -0.15) is 0 Å². The van der Waals surface area contributed by atoms with E-state index in [1.54, 1.807) is 24.0 Å². The van der Waals surface area contributed by atoms with Crippen molar-refractivity contribution in [1.82, 2.24) is 4.90 Å². The Kier molecular flexibility index (Phi) is 5.76. The monoisotopic (exact) mass is 368 g/mol. The molecule has 0 aliphatic heterocycles. The number of aliphatic carboxylic acids is 1. The number of amides is 1. The molecule has 1 saturated carbocycles. The molecular weight excluding hydrogens is 344 g/mol. The fourth-order valence-electron chi connectivity index (χ4n) is 2.88. The zero-order valence-corrected chi connectivity index (χ0v) is 15.5. The van der Waals surface area contributed by atoms with Crippen molar-refractivity contribution in [3.63, 3.8) is 0 Å². The van der Waals surface area contributed by atoms with Crippen molar-refractivity contribution in [2.75, 3.05) is 11.9 Å². The molecule has 0 bridgehead atoms. The SMILES string of the molecule is Cc1ccc(Oc2ccccc2NC(=O)CN(C2CC2)C(C)C(=O)O)cc1. The Morgan fingerprint density at radius 2 is 1.85 bits per heavy atom. The van der Waals surface area contributed by atoms with Crippen molar-refractivity contribution in [3.05, 3.63) is 54.1 Å². The Morgan fingerprint density at radius 1 is 1.19 bits per heavy atom. The molecule has 142 valence electrons. The Bertz CT molecular complexity index is 815. The Hall–Kier alpha value is -2.86. The number of nitrogens with one attached hydrogen (secondary N) is 1. The van der Waals surface area contributed by atoms with Crippen LogP contribution in [0.5, 0.6) is 11.5 Å². The summed E-state index contributed by atoms with van der Waals surface area (Å²) in [5.41, 5.74) is 1.69. The Labute approximate surface area is 158 Å². The topological polar surface area (TPSA) is 78.9 Å². The van der Waals surface area contributed by atoms with Crippen molar-refractivity contribution in [3.8, 4) is 11.5 Å². The number of carboxylic acid groups (broad SMARTS) is 1. The number of rotatable bonds is 8. The van der Waals surface area contributed by atoms with E-state index in [0.717, 1.165) is 18.4 Å². The van der Waals surface area contributed by atoms with Gasteiger partial charge in [0, 0.05) is 6.04 Å². The lowest BCUT2D eigenvalue weighted by Crippen LogP contribution is -2.44. The number of carboxylic acids is 1. The number of hydrogen-bond donors (Lipinski definition) is 2. The van der Waals surface area contributed by atoms with Gasteiger partial charge in [-0.25, -0.2) is 0 Å². The molecule has 0 spiro atoms. The highest BCUT2D eigenvalue weighted by molar-refractivity contribution is 5.94. The summed E-state index contributed by atoms with van der Waals surface area (Å²) in [6, 6.07) is 14.3. The molecule has 0 aromatic heterocycles. The average molecular weight is 368 g/mol. The molecule has 1 fully saturated rings. The number of hydrogen-bond acceptors (Lipinski definition) is 4. The molecule has 6 nitrogen and oxygen atoms in total. The van der Waals surface area contributed by atoms with Crippen LogP contribution in [0.25, 0.3) is 0 Å². The van der Waals surface area contributed by atoms with E-state index < -0.39 is 12.0 Å². The zero-order valence-electron chi connectivity index (χ0n) is 15.5. The van der Waals surface area contributed by atoms with Crippen molar-refractivity contribution in [1.29, 1.82) is 0 Å². The van der Waals surface area contributed by atoms with Crippen molar-refractivity contribution in [2.45, 2.75) is 38.8 Å². The van der Waals surface area contributed by atoms with Gasteiger partial charge in [-0.1, -0.05) is 29.8 Å². The fraction of sp³-hybridized carbons (Fsp3) is 0.333. The Balaban J connectivity index is 1.68. The largest absolute Gasteiger partial charge is 0.480 e. The summed E-state index contributed by atoms with van der Waals surface area (Å²) in [6.45, 7) is 3.65. The van der Waals surface area contributed by atoms with Gasteiger partial charge in [-0.3, -0.25) is 14.5 Å². The highest BCUT2D eigenvalue weighted by Crippen LogP contribution is 2.31. The molecule has 3 rings (SSSR count). The molecule has 1 unspecified atom stereocenters. The fourth-order valence-corrected chi connectivity index (χ4v) is 2.88. The third-order valence-corrected chi connectivity index (χ3v) is 4.61. The van der Waals surface area contributed by atoms with Crippen LogP contribution < -0.4 is 10.1 Å². The van der Waals surface area contributed by atoms with Gasteiger partial charge < -0.3 is 15.2 Å². The first kappa shape index (κ1) is 18.9. The second-order valence-electron chi connectivity index (χ2n) is 6.88. The number of carbonyl (C=O) groups excluding carboxylic acids is 1. The van der Waals surface area contributed by atoms with Gasteiger partial charge in [0.05, 0.1) is 12.2 Å². The maximum absolute atomic E-state index is 12.5. The molecule has 0 radical (unpaired) electrons. The number of carbonyl (C=O) groups is 2. The highest BCUT2D eigenvalue weighted by Gasteiger charge is 2.36. The van der Waals surface area contributed by atoms with Gasteiger partial charge in [-0.05, 0) is 51.0 Å². The van der Waals surface area contributed by atoms with Crippen LogP contribution in [0.1, 0.15) is 25.3 Å².